The largest absolute Gasteiger partial charge is 0.382 e. The molecule has 0 aromatic heterocycles. The van der Waals surface area contributed by atoms with Gasteiger partial charge in [0, 0.05) is 38.9 Å². The number of methoxy groups -OCH3 is 1. The van der Waals surface area contributed by atoms with Crippen LogP contribution in [0.25, 0.3) is 11.1 Å². The number of ether oxygens (including phenoxy) is 2. The number of aliphatic imine (C=N–C) groups is 1. The maximum atomic E-state index is 6.00. The molecule has 0 radical (unpaired) electrons. The first-order valence-corrected chi connectivity index (χ1v) is 9.47. The molecule has 0 aliphatic rings. The van der Waals surface area contributed by atoms with E-state index in [1.807, 2.05) is 36.4 Å². The van der Waals surface area contributed by atoms with Crippen LogP contribution in [0.1, 0.15) is 12.0 Å². The molecule has 0 spiro atoms. The van der Waals surface area contributed by atoms with Crippen LogP contribution in [0.5, 0.6) is 0 Å². The molecule has 0 aliphatic carbocycles. The molecule has 0 saturated heterocycles. The molecule has 0 heterocycles. The van der Waals surface area contributed by atoms with E-state index >= 15 is 0 Å². The van der Waals surface area contributed by atoms with E-state index in [0.29, 0.717) is 26.4 Å². The average Bonchev–Trinajstić information content (AvgIpc) is 2.70. The van der Waals surface area contributed by atoms with E-state index in [1.54, 1.807) is 14.2 Å². The second-order valence-corrected chi connectivity index (χ2v) is 6.41. The highest BCUT2D eigenvalue weighted by molar-refractivity contribution is 14.0. The number of rotatable bonds is 10. The van der Waals surface area contributed by atoms with Crippen LogP contribution in [-0.2, 0) is 16.0 Å². The standard InChI is InChI=1S/C21H28ClN3O2.HI/c1-23-21(24-12-5-13-27-15-14-26-2)25-16-18-6-3-4-7-20(18)17-8-10-19(22)11-9-17;/h3-4,6-11H,5,12-16H2,1-2H3,(H2,23,24,25);1H. The molecule has 0 atom stereocenters. The van der Waals surface area contributed by atoms with Gasteiger partial charge in [-0.05, 0) is 35.2 Å². The molecule has 0 aliphatic heterocycles. The number of benzene rings is 2. The quantitative estimate of drug-likeness (QED) is 0.213. The third-order valence-electron chi connectivity index (χ3n) is 4.03. The second kappa shape index (κ2) is 14.6. The molecule has 2 aromatic rings. The van der Waals surface area contributed by atoms with Crippen molar-refractivity contribution in [1.82, 2.24) is 10.6 Å². The van der Waals surface area contributed by atoms with Crippen LogP contribution in [-0.4, -0.2) is 46.5 Å². The fraction of sp³-hybridized carbons (Fsp3) is 0.381. The molecule has 0 amide bonds. The van der Waals surface area contributed by atoms with E-state index in [9.17, 15) is 0 Å². The molecule has 2 N–H and O–H groups in total. The Hall–Kier alpha value is -1.35. The first-order chi connectivity index (χ1) is 13.2. The van der Waals surface area contributed by atoms with Crippen LogP contribution >= 0.6 is 35.6 Å². The summed E-state index contributed by atoms with van der Waals surface area (Å²) in [5, 5.41) is 7.42. The lowest BCUT2D eigenvalue weighted by Crippen LogP contribution is -2.37. The Kier molecular flexibility index (Phi) is 12.9. The summed E-state index contributed by atoms with van der Waals surface area (Å²) in [6, 6.07) is 16.2. The van der Waals surface area contributed by atoms with Gasteiger partial charge in [-0.2, -0.15) is 0 Å². The lowest BCUT2D eigenvalue weighted by atomic mass is 10.00. The van der Waals surface area contributed by atoms with Gasteiger partial charge in [-0.1, -0.05) is 48.0 Å². The predicted octanol–water partition coefficient (Wildman–Crippen LogP) is 4.34. The van der Waals surface area contributed by atoms with Gasteiger partial charge in [0.05, 0.1) is 13.2 Å². The molecule has 5 nitrogen and oxygen atoms in total. The van der Waals surface area contributed by atoms with E-state index in [-0.39, 0.29) is 24.0 Å². The van der Waals surface area contributed by atoms with Gasteiger partial charge in [-0.3, -0.25) is 4.99 Å². The van der Waals surface area contributed by atoms with E-state index in [1.165, 1.54) is 11.1 Å². The van der Waals surface area contributed by atoms with Gasteiger partial charge in [-0.15, -0.1) is 24.0 Å². The van der Waals surface area contributed by atoms with Crippen LogP contribution in [0.4, 0.5) is 0 Å². The van der Waals surface area contributed by atoms with E-state index < -0.39 is 0 Å². The van der Waals surface area contributed by atoms with Crippen molar-refractivity contribution in [2.45, 2.75) is 13.0 Å². The third-order valence-corrected chi connectivity index (χ3v) is 4.28. The van der Waals surface area contributed by atoms with E-state index in [0.717, 1.165) is 29.5 Å². The number of nitrogens with zero attached hydrogens (tertiary/aromatic N) is 1. The van der Waals surface area contributed by atoms with Gasteiger partial charge in [0.25, 0.3) is 0 Å². The molecule has 28 heavy (non-hydrogen) atoms. The van der Waals surface area contributed by atoms with Crippen LogP contribution in [0, 0.1) is 0 Å². The fourth-order valence-corrected chi connectivity index (χ4v) is 2.74. The van der Waals surface area contributed by atoms with Crippen LogP contribution in [0.3, 0.4) is 0 Å². The van der Waals surface area contributed by atoms with Gasteiger partial charge in [-0.25, -0.2) is 0 Å². The van der Waals surface area contributed by atoms with Crippen molar-refractivity contribution in [3.8, 4) is 11.1 Å². The highest BCUT2D eigenvalue weighted by Crippen LogP contribution is 2.25. The fourth-order valence-electron chi connectivity index (χ4n) is 2.61. The molecule has 2 aromatic carbocycles. The van der Waals surface area contributed by atoms with Crippen LogP contribution < -0.4 is 10.6 Å². The normalized spacial score (nSPS) is 11.0. The summed E-state index contributed by atoms with van der Waals surface area (Å²) in [6.45, 7) is 3.44. The first-order valence-electron chi connectivity index (χ1n) is 9.09. The molecule has 7 heteroatoms. The zero-order valence-corrected chi connectivity index (χ0v) is 19.5. The zero-order chi connectivity index (χ0) is 19.3. The summed E-state index contributed by atoms with van der Waals surface area (Å²) >= 11 is 6.00. The van der Waals surface area contributed by atoms with Gasteiger partial charge in [0.2, 0.25) is 0 Å². The van der Waals surface area contributed by atoms with Crippen molar-refractivity contribution in [1.29, 1.82) is 0 Å². The highest BCUT2D eigenvalue weighted by atomic mass is 127. The molecule has 0 bridgehead atoms. The lowest BCUT2D eigenvalue weighted by molar-refractivity contribution is 0.0698. The zero-order valence-electron chi connectivity index (χ0n) is 16.4. The average molecular weight is 518 g/mol. The van der Waals surface area contributed by atoms with Gasteiger partial charge < -0.3 is 20.1 Å². The van der Waals surface area contributed by atoms with Gasteiger partial charge in [0.15, 0.2) is 5.96 Å². The van der Waals surface area contributed by atoms with Crippen molar-refractivity contribution in [3.05, 3.63) is 59.1 Å². The summed E-state index contributed by atoms with van der Waals surface area (Å²) in [7, 11) is 3.45. The maximum Gasteiger partial charge on any atom is 0.191 e. The summed E-state index contributed by atoms with van der Waals surface area (Å²) in [4.78, 5) is 4.28. The minimum Gasteiger partial charge on any atom is -0.382 e. The van der Waals surface area contributed by atoms with Gasteiger partial charge >= 0.3 is 0 Å². The minimum absolute atomic E-state index is 0. The number of guanidine groups is 1. The Balaban J connectivity index is 0.00000392. The monoisotopic (exact) mass is 517 g/mol. The summed E-state index contributed by atoms with van der Waals surface area (Å²) in [6.07, 6.45) is 0.909. The second-order valence-electron chi connectivity index (χ2n) is 5.98. The molecule has 0 unspecified atom stereocenters. The topological polar surface area (TPSA) is 54.9 Å². The summed E-state index contributed by atoms with van der Waals surface area (Å²) in [5.74, 6) is 0.776. The SMILES string of the molecule is CN=C(NCCCOCCOC)NCc1ccccc1-c1ccc(Cl)cc1.I. The van der Waals surface area contributed by atoms with Crippen LogP contribution in [0.2, 0.25) is 5.02 Å². The van der Waals surface area contributed by atoms with Crippen molar-refractivity contribution in [2.24, 2.45) is 4.99 Å². The number of hydrogen-bond acceptors (Lipinski definition) is 3. The summed E-state index contributed by atoms with van der Waals surface area (Å²) in [5.41, 5.74) is 3.53. The maximum absolute atomic E-state index is 6.00. The van der Waals surface area contributed by atoms with Crippen molar-refractivity contribution < 1.29 is 9.47 Å². The Morgan fingerprint density at radius 3 is 2.46 bits per heavy atom. The van der Waals surface area contributed by atoms with Crippen molar-refractivity contribution in [2.75, 3.05) is 40.5 Å². The smallest absolute Gasteiger partial charge is 0.191 e. The highest BCUT2D eigenvalue weighted by Gasteiger charge is 2.06. The Bertz CT molecular complexity index is 711. The molecule has 0 saturated carbocycles. The van der Waals surface area contributed by atoms with E-state index in [2.05, 4.69) is 27.8 Å². The number of hydrogen-bond donors (Lipinski definition) is 2. The summed E-state index contributed by atoms with van der Waals surface area (Å²) < 4.78 is 10.4. The van der Waals surface area contributed by atoms with Crippen molar-refractivity contribution in [3.63, 3.8) is 0 Å². The third kappa shape index (κ3) is 8.77. The molecule has 2 rings (SSSR count). The van der Waals surface area contributed by atoms with Gasteiger partial charge in [0.1, 0.15) is 0 Å². The minimum atomic E-state index is 0. The Morgan fingerprint density at radius 2 is 1.75 bits per heavy atom. The first kappa shape index (κ1) is 24.7. The predicted molar refractivity (Wildman–Crippen MR) is 128 cm³/mol. The van der Waals surface area contributed by atoms with E-state index in [4.69, 9.17) is 21.1 Å². The lowest BCUT2D eigenvalue weighted by Gasteiger charge is -2.14. The van der Waals surface area contributed by atoms with Crippen LogP contribution in [0.15, 0.2) is 53.5 Å². The Labute approximate surface area is 189 Å². The molecule has 154 valence electrons. The molecule has 0 fully saturated rings. The molecular formula is C21H29ClIN3O2. The number of halogens is 2. The molecular weight excluding hydrogens is 489 g/mol. The Morgan fingerprint density at radius 1 is 1.00 bits per heavy atom. The van der Waals surface area contributed by atoms with Crippen molar-refractivity contribution >= 4 is 41.5 Å². The number of nitrogens with one attached hydrogen (secondary N) is 2.